The zero-order valence-electron chi connectivity index (χ0n) is 10.4. The van der Waals surface area contributed by atoms with Gasteiger partial charge in [0, 0.05) is 31.4 Å². The van der Waals surface area contributed by atoms with Crippen molar-refractivity contribution in [1.29, 1.82) is 0 Å². The van der Waals surface area contributed by atoms with Gasteiger partial charge in [0.05, 0.1) is 0 Å². The summed E-state index contributed by atoms with van der Waals surface area (Å²) in [4.78, 5) is 6.35. The number of hydrogen-bond donors (Lipinski definition) is 1. The van der Waals surface area contributed by atoms with Gasteiger partial charge in [0.15, 0.2) is 0 Å². The molecule has 5 nitrogen and oxygen atoms in total. The fraction of sp³-hybridized carbons (Fsp3) is 0.583. The third-order valence-corrected chi connectivity index (χ3v) is 5.34. The van der Waals surface area contributed by atoms with E-state index in [0.717, 1.165) is 19.5 Å². The number of aromatic nitrogens is 1. The van der Waals surface area contributed by atoms with Gasteiger partial charge in [0.25, 0.3) is 0 Å². The molecule has 2 fully saturated rings. The Hall–Kier alpha value is -0.690. The molecule has 2 aliphatic rings. The van der Waals surface area contributed by atoms with E-state index >= 15 is 0 Å². The second kappa shape index (κ2) is 5.01. The molecule has 1 saturated carbocycles. The van der Waals surface area contributed by atoms with Gasteiger partial charge < -0.3 is 0 Å². The average molecular weight is 302 g/mol. The molecule has 3 rings (SSSR count). The molecule has 1 saturated heterocycles. The fourth-order valence-corrected chi connectivity index (χ4v) is 3.78. The van der Waals surface area contributed by atoms with Crippen LogP contribution in [-0.2, 0) is 10.0 Å². The predicted molar refractivity (Wildman–Crippen MR) is 72.6 cm³/mol. The highest BCUT2D eigenvalue weighted by Crippen LogP contribution is 2.30. The first-order valence-corrected chi connectivity index (χ1v) is 8.29. The molecule has 0 radical (unpaired) electrons. The number of pyridine rings is 1. The number of nitrogens with zero attached hydrogens (tertiary/aromatic N) is 2. The second-order valence-electron chi connectivity index (χ2n) is 5.15. The quantitative estimate of drug-likeness (QED) is 0.850. The second-order valence-corrected chi connectivity index (χ2v) is 7.25. The highest BCUT2D eigenvalue weighted by Gasteiger charge is 2.35. The molecule has 1 aliphatic carbocycles. The highest BCUT2D eigenvalue weighted by molar-refractivity contribution is 7.89. The van der Waals surface area contributed by atoms with E-state index in [-0.39, 0.29) is 10.9 Å². The van der Waals surface area contributed by atoms with Crippen molar-refractivity contribution in [3.8, 4) is 0 Å². The molecular formula is C12H16ClN3O2S. The normalized spacial score (nSPS) is 24.8. The molecule has 0 amide bonds. The van der Waals surface area contributed by atoms with Crippen LogP contribution in [0.15, 0.2) is 23.2 Å². The van der Waals surface area contributed by atoms with Crippen LogP contribution in [0.5, 0.6) is 0 Å². The molecule has 1 N–H and O–H groups in total. The van der Waals surface area contributed by atoms with Gasteiger partial charge in [0.2, 0.25) is 10.0 Å². The molecule has 1 unspecified atom stereocenters. The Kier molecular flexibility index (Phi) is 3.51. The number of halogens is 1. The van der Waals surface area contributed by atoms with Crippen LogP contribution in [-0.4, -0.2) is 43.5 Å². The molecular weight excluding hydrogens is 286 g/mol. The lowest BCUT2D eigenvalue weighted by Gasteiger charge is -2.15. The predicted octanol–water partition coefficient (Wildman–Crippen LogP) is 1.25. The van der Waals surface area contributed by atoms with Crippen molar-refractivity contribution >= 4 is 21.6 Å². The zero-order valence-corrected chi connectivity index (χ0v) is 12.0. The first-order chi connectivity index (χ1) is 9.04. The minimum atomic E-state index is -3.49. The van der Waals surface area contributed by atoms with Crippen LogP contribution in [0.3, 0.4) is 0 Å². The van der Waals surface area contributed by atoms with Crippen LogP contribution < -0.4 is 4.72 Å². The third kappa shape index (κ3) is 3.08. The van der Waals surface area contributed by atoms with Crippen LogP contribution in [0.4, 0.5) is 0 Å². The smallest absolute Gasteiger partial charge is 0.242 e. The van der Waals surface area contributed by atoms with Gasteiger partial charge in [-0.1, -0.05) is 11.6 Å². The van der Waals surface area contributed by atoms with Crippen LogP contribution in [0, 0.1) is 0 Å². The Morgan fingerprint density at radius 2 is 2.11 bits per heavy atom. The van der Waals surface area contributed by atoms with Gasteiger partial charge in [0.1, 0.15) is 10.0 Å². The first-order valence-electron chi connectivity index (χ1n) is 6.42. The van der Waals surface area contributed by atoms with Crippen LogP contribution >= 0.6 is 11.6 Å². The summed E-state index contributed by atoms with van der Waals surface area (Å²) in [5.74, 6) is 0. The summed E-state index contributed by atoms with van der Waals surface area (Å²) in [7, 11) is -3.49. The van der Waals surface area contributed by atoms with Gasteiger partial charge in [-0.15, -0.1) is 0 Å². The Balaban J connectivity index is 1.66. The summed E-state index contributed by atoms with van der Waals surface area (Å²) >= 11 is 5.66. The van der Waals surface area contributed by atoms with Crippen LogP contribution in [0.2, 0.25) is 5.15 Å². The summed E-state index contributed by atoms with van der Waals surface area (Å²) in [5.41, 5.74) is 0. The summed E-state index contributed by atoms with van der Waals surface area (Å²) in [5, 5.41) is 0.291. The Bertz CT molecular complexity index is 557. The lowest BCUT2D eigenvalue weighted by Crippen LogP contribution is -2.37. The minimum absolute atomic E-state index is 0.00118. The molecule has 1 aromatic heterocycles. The van der Waals surface area contributed by atoms with E-state index in [1.165, 1.54) is 31.2 Å². The van der Waals surface area contributed by atoms with Gasteiger partial charge in [-0.05, 0) is 31.4 Å². The van der Waals surface area contributed by atoms with Crippen molar-refractivity contribution in [1.82, 2.24) is 14.6 Å². The average Bonchev–Trinajstić information content (AvgIpc) is 3.11. The highest BCUT2D eigenvalue weighted by atomic mass is 35.5. The molecule has 1 atom stereocenters. The SMILES string of the molecule is O=S(=O)(NC1CCN(C2CC2)C1)c1ccc(Cl)nc1. The standard InChI is InChI=1S/C12H16ClN3O2S/c13-12-4-3-11(7-14-12)19(17,18)15-9-5-6-16(8-9)10-1-2-10/h3-4,7,9-10,15H,1-2,5-6,8H2. The van der Waals surface area contributed by atoms with Gasteiger partial charge in [-0.25, -0.2) is 18.1 Å². The maximum Gasteiger partial charge on any atom is 0.242 e. The molecule has 0 aromatic carbocycles. The fourth-order valence-electron chi connectivity index (χ4n) is 2.46. The Labute approximate surface area is 118 Å². The topological polar surface area (TPSA) is 62.3 Å². The first kappa shape index (κ1) is 13.3. The summed E-state index contributed by atoms with van der Waals surface area (Å²) in [6.45, 7) is 1.79. The third-order valence-electron chi connectivity index (χ3n) is 3.62. The van der Waals surface area contributed by atoms with Crippen LogP contribution in [0.25, 0.3) is 0 Å². The number of sulfonamides is 1. The number of likely N-dealkylation sites (tertiary alicyclic amines) is 1. The molecule has 0 spiro atoms. The monoisotopic (exact) mass is 301 g/mol. The van der Waals surface area contributed by atoms with E-state index < -0.39 is 10.0 Å². The van der Waals surface area contributed by atoms with E-state index in [4.69, 9.17) is 11.6 Å². The van der Waals surface area contributed by atoms with E-state index in [2.05, 4.69) is 14.6 Å². The Morgan fingerprint density at radius 3 is 2.74 bits per heavy atom. The molecule has 1 aliphatic heterocycles. The summed E-state index contributed by atoms with van der Waals surface area (Å²) < 4.78 is 27.1. The largest absolute Gasteiger partial charge is 0.299 e. The van der Waals surface area contributed by atoms with Crippen molar-refractivity contribution in [2.24, 2.45) is 0 Å². The van der Waals surface area contributed by atoms with E-state index in [9.17, 15) is 8.42 Å². The summed E-state index contributed by atoms with van der Waals surface area (Å²) in [6.07, 6.45) is 4.66. The van der Waals surface area contributed by atoms with Crippen molar-refractivity contribution < 1.29 is 8.42 Å². The molecule has 0 bridgehead atoms. The van der Waals surface area contributed by atoms with Gasteiger partial charge in [-0.3, -0.25) is 4.90 Å². The molecule has 1 aromatic rings. The molecule has 2 heterocycles. The van der Waals surface area contributed by atoms with E-state index in [1.807, 2.05) is 0 Å². The lowest BCUT2D eigenvalue weighted by molar-refractivity contribution is 0.322. The molecule has 19 heavy (non-hydrogen) atoms. The van der Waals surface area contributed by atoms with Crippen LogP contribution in [0.1, 0.15) is 19.3 Å². The van der Waals surface area contributed by atoms with Crippen molar-refractivity contribution in [3.05, 3.63) is 23.5 Å². The maximum atomic E-state index is 12.2. The number of hydrogen-bond acceptors (Lipinski definition) is 4. The van der Waals surface area contributed by atoms with Crippen molar-refractivity contribution in [3.63, 3.8) is 0 Å². The zero-order chi connectivity index (χ0) is 13.5. The molecule has 104 valence electrons. The Morgan fingerprint density at radius 1 is 1.32 bits per heavy atom. The van der Waals surface area contributed by atoms with Gasteiger partial charge in [-0.2, -0.15) is 0 Å². The maximum absolute atomic E-state index is 12.2. The summed E-state index contributed by atoms with van der Waals surface area (Å²) in [6, 6.07) is 3.65. The van der Waals surface area contributed by atoms with Gasteiger partial charge >= 0.3 is 0 Å². The minimum Gasteiger partial charge on any atom is -0.299 e. The number of rotatable bonds is 4. The van der Waals surface area contributed by atoms with E-state index in [1.54, 1.807) is 0 Å². The van der Waals surface area contributed by atoms with E-state index in [0.29, 0.717) is 11.2 Å². The molecule has 7 heteroatoms. The number of nitrogens with one attached hydrogen (secondary N) is 1. The lowest BCUT2D eigenvalue weighted by atomic mass is 10.3. The van der Waals surface area contributed by atoms with Crippen molar-refractivity contribution in [2.75, 3.05) is 13.1 Å². The van der Waals surface area contributed by atoms with Crippen molar-refractivity contribution in [2.45, 2.75) is 36.2 Å².